The van der Waals surface area contributed by atoms with Crippen LogP contribution in [0.25, 0.3) is 0 Å². The van der Waals surface area contributed by atoms with Crippen LogP contribution in [0, 0.1) is 5.82 Å². The highest BCUT2D eigenvalue weighted by molar-refractivity contribution is 7.10. The van der Waals surface area contributed by atoms with Crippen molar-refractivity contribution >= 4 is 40.4 Å². The number of anilines is 1. The molecule has 8 heteroatoms. The number of hydrogen-bond donors (Lipinski definition) is 1. The summed E-state index contributed by atoms with van der Waals surface area (Å²) in [6.07, 6.45) is 0. The van der Waals surface area contributed by atoms with E-state index in [1.54, 1.807) is 30.3 Å². The molecule has 0 unspecified atom stereocenters. The van der Waals surface area contributed by atoms with Gasteiger partial charge in [0.05, 0.1) is 11.7 Å². The number of benzene rings is 2. The monoisotopic (exact) mass is 430 g/mol. The minimum Gasteiger partial charge on any atom is -0.482 e. The van der Waals surface area contributed by atoms with Crippen LogP contribution in [0.2, 0.25) is 5.02 Å². The summed E-state index contributed by atoms with van der Waals surface area (Å²) in [6.45, 7) is -0.327. The first-order valence-corrected chi connectivity index (χ1v) is 10.1. The highest BCUT2D eigenvalue weighted by Crippen LogP contribution is 2.34. The molecule has 1 N–H and O–H groups in total. The molecule has 4 rings (SSSR count). The molecule has 0 saturated heterocycles. The zero-order valence-corrected chi connectivity index (χ0v) is 16.7. The van der Waals surface area contributed by atoms with Gasteiger partial charge in [0.25, 0.3) is 5.91 Å². The average molecular weight is 431 g/mol. The molecular weight excluding hydrogens is 415 g/mol. The number of carbonyl (C=O) groups excluding carboxylic acids is 2. The Bertz CT molecular complexity index is 1040. The Morgan fingerprint density at radius 2 is 2.03 bits per heavy atom. The third-order valence-corrected chi connectivity index (χ3v) is 5.67. The molecule has 2 heterocycles. The normalized spacial score (nSPS) is 14.1. The molecule has 2 aromatic carbocycles. The van der Waals surface area contributed by atoms with E-state index < -0.39 is 6.04 Å². The van der Waals surface area contributed by atoms with Gasteiger partial charge < -0.3 is 10.1 Å². The summed E-state index contributed by atoms with van der Waals surface area (Å²) in [6, 6.07) is 14.2. The summed E-state index contributed by atoms with van der Waals surface area (Å²) in [5, 5.41) is 5.29. The van der Waals surface area contributed by atoms with Crippen molar-refractivity contribution in [2.45, 2.75) is 6.04 Å². The minimum atomic E-state index is -0.446. The van der Waals surface area contributed by atoms with E-state index in [4.69, 9.17) is 16.3 Å². The summed E-state index contributed by atoms with van der Waals surface area (Å²) >= 11 is 7.53. The Hall–Kier alpha value is -2.90. The first-order valence-electron chi connectivity index (χ1n) is 8.82. The molecule has 1 aromatic heterocycles. The Labute approximate surface area is 175 Å². The van der Waals surface area contributed by atoms with E-state index in [1.165, 1.54) is 28.4 Å². The van der Waals surface area contributed by atoms with Crippen molar-refractivity contribution in [3.63, 3.8) is 0 Å². The summed E-state index contributed by atoms with van der Waals surface area (Å²) in [5.41, 5.74) is 1.21. The van der Waals surface area contributed by atoms with Gasteiger partial charge in [0.15, 0.2) is 6.61 Å². The van der Waals surface area contributed by atoms with Crippen LogP contribution >= 0.6 is 22.9 Å². The van der Waals surface area contributed by atoms with Gasteiger partial charge in [0.1, 0.15) is 18.1 Å². The van der Waals surface area contributed by atoms with Gasteiger partial charge in [-0.1, -0.05) is 29.8 Å². The molecule has 1 aliphatic heterocycles. The van der Waals surface area contributed by atoms with Gasteiger partial charge >= 0.3 is 0 Å². The predicted octanol–water partition coefficient (Wildman–Crippen LogP) is 4.17. The molecule has 0 fully saturated rings. The van der Waals surface area contributed by atoms with E-state index in [9.17, 15) is 14.0 Å². The third-order valence-electron chi connectivity index (χ3n) is 4.50. The van der Waals surface area contributed by atoms with Crippen LogP contribution in [0.1, 0.15) is 16.5 Å². The molecule has 3 aromatic rings. The average Bonchev–Trinajstić information content (AvgIpc) is 3.24. The van der Waals surface area contributed by atoms with Crippen LogP contribution in [-0.2, 0) is 9.59 Å². The number of nitrogens with one attached hydrogen (secondary N) is 1. The van der Waals surface area contributed by atoms with Gasteiger partial charge in [-0.05, 0) is 47.3 Å². The smallest absolute Gasteiger partial charge is 0.265 e. The number of nitrogens with zero attached hydrogens (tertiary/aromatic N) is 1. The van der Waals surface area contributed by atoms with Crippen molar-refractivity contribution in [3.8, 4) is 5.75 Å². The molecule has 0 aliphatic carbocycles. The Kier molecular flexibility index (Phi) is 5.51. The van der Waals surface area contributed by atoms with E-state index in [1.807, 2.05) is 17.5 Å². The maximum atomic E-state index is 13.3. The molecule has 1 atom stereocenters. The molecule has 0 spiro atoms. The van der Waals surface area contributed by atoms with Gasteiger partial charge in [0, 0.05) is 9.90 Å². The van der Waals surface area contributed by atoms with E-state index in [2.05, 4.69) is 5.32 Å². The van der Waals surface area contributed by atoms with Crippen molar-refractivity contribution < 1.29 is 18.7 Å². The SMILES string of the molecule is O=C(CN1C(=O)COc2ccc(Cl)cc21)N[C@@H](c1ccc(F)cc1)c1cccs1. The van der Waals surface area contributed by atoms with E-state index in [-0.39, 0.29) is 30.8 Å². The lowest BCUT2D eigenvalue weighted by molar-refractivity contribution is -0.125. The van der Waals surface area contributed by atoms with Crippen LogP contribution in [0.15, 0.2) is 60.0 Å². The standard InChI is InChI=1S/C21H16ClFN2O3S/c22-14-5-8-17-16(10-14)25(20(27)12-28-17)11-19(26)24-21(18-2-1-9-29-18)13-3-6-15(23)7-4-13/h1-10,21H,11-12H2,(H,24,26)/t21-/m0/s1. The fraction of sp³-hybridized carbons (Fsp3) is 0.143. The summed E-state index contributed by atoms with van der Waals surface area (Å²) in [5.74, 6) is -0.536. The number of ether oxygens (including phenoxy) is 1. The summed E-state index contributed by atoms with van der Waals surface area (Å²) in [7, 11) is 0. The zero-order valence-electron chi connectivity index (χ0n) is 15.1. The number of carbonyl (C=O) groups is 2. The molecule has 148 valence electrons. The fourth-order valence-corrected chi connectivity index (χ4v) is 4.10. The quantitative estimate of drug-likeness (QED) is 0.660. The molecule has 5 nitrogen and oxygen atoms in total. The second-order valence-corrected chi connectivity index (χ2v) is 7.86. The van der Waals surface area contributed by atoms with E-state index >= 15 is 0 Å². The molecular formula is C21H16ClFN2O3S. The molecule has 2 amide bonds. The Balaban J connectivity index is 1.57. The molecule has 0 bridgehead atoms. The summed E-state index contributed by atoms with van der Waals surface area (Å²) in [4.78, 5) is 27.5. The number of rotatable bonds is 5. The van der Waals surface area contributed by atoms with Gasteiger partial charge in [0.2, 0.25) is 5.91 Å². The highest BCUT2D eigenvalue weighted by Gasteiger charge is 2.28. The van der Waals surface area contributed by atoms with Crippen molar-refractivity contribution in [3.05, 3.63) is 81.3 Å². The number of thiophene rings is 1. The van der Waals surface area contributed by atoms with Crippen LogP contribution in [0.5, 0.6) is 5.75 Å². The summed E-state index contributed by atoms with van der Waals surface area (Å²) < 4.78 is 18.7. The molecule has 29 heavy (non-hydrogen) atoms. The van der Waals surface area contributed by atoms with Crippen LogP contribution in [0.4, 0.5) is 10.1 Å². The topological polar surface area (TPSA) is 58.6 Å². The number of halogens is 2. The molecule has 0 radical (unpaired) electrons. The van der Waals surface area contributed by atoms with E-state index in [0.717, 1.165) is 10.4 Å². The molecule has 1 aliphatic rings. The van der Waals surface area contributed by atoms with Crippen molar-refractivity contribution in [2.75, 3.05) is 18.1 Å². The maximum Gasteiger partial charge on any atom is 0.265 e. The van der Waals surface area contributed by atoms with Gasteiger partial charge in [-0.15, -0.1) is 11.3 Å². The zero-order chi connectivity index (χ0) is 20.4. The highest BCUT2D eigenvalue weighted by atomic mass is 35.5. The first kappa shape index (κ1) is 19.4. The minimum absolute atomic E-state index is 0.145. The maximum absolute atomic E-state index is 13.3. The lowest BCUT2D eigenvalue weighted by Gasteiger charge is -2.29. The molecule has 0 saturated carbocycles. The first-order chi connectivity index (χ1) is 14.0. The Morgan fingerprint density at radius 1 is 1.24 bits per heavy atom. The Morgan fingerprint density at radius 3 is 2.76 bits per heavy atom. The second kappa shape index (κ2) is 8.23. The predicted molar refractivity (Wildman–Crippen MR) is 110 cm³/mol. The van der Waals surface area contributed by atoms with Gasteiger partial charge in [-0.3, -0.25) is 14.5 Å². The largest absolute Gasteiger partial charge is 0.482 e. The fourth-order valence-electron chi connectivity index (χ4n) is 3.13. The lowest BCUT2D eigenvalue weighted by Crippen LogP contribution is -2.45. The number of amides is 2. The third kappa shape index (κ3) is 4.26. The van der Waals surface area contributed by atoms with Crippen LogP contribution in [-0.4, -0.2) is 25.0 Å². The second-order valence-electron chi connectivity index (χ2n) is 6.45. The van der Waals surface area contributed by atoms with Gasteiger partial charge in [-0.2, -0.15) is 0 Å². The van der Waals surface area contributed by atoms with Crippen molar-refractivity contribution in [1.82, 2.24) is 5.32 Å². The number of hydrogen-bond acceptors (Lipinski definition) is 4. The lowest BCUT2D eigenvalue weighted by atomic mass is 10.1. The van der Waals surface area contributed by atoms with Gasteiger partial charge in [-0.25, -0.2) is 4.39 Å². The van der Waals surface area contributed by atoms with Crippen LogP contribution in [0.3, 0.4) is 0 Å². The van der Waals surface area contributed by atoms with Crippen molar-refractivity contribution in [2.24, 2.45) is 0 Å². The van der Waals surface area contributed by atoms with Crippen LogP contribution < -0.4 is 15.0 Å². The van der Waals surface area contributed by atoms with Crippen molar-refractivity contribution in [1.29, 1.82) is 0 Å². The van der Waals surface area contributed by atoms with E-state index in [0.29, 0.717) is 16.5 Å². The number of fused-ring (bicyclic) bond motifs is 1.